The molecule has 0 saturated heterocycles. The molecule has 0 bridgehead atoms. The Bertz CT molecular complexity index is 372. The van der Waals surface area contributed by atoms with Crippen molar-refractivity contribution in [3.63, 3.8) is 0 Å². The van der Waals surface area contributed by atoms with Crippen LogP contribution in [0.2, 0.25) is 0 Å². The van der Waals surface area contributed by atoms with Crippen LogP contribution in [-0.2, 0) is 9.63 Å². The average molecular weight is 191 g/mol. The molecular formula is C10H9NO3. The predicted molar refractivity (Wildman–Crippen MR) is 50.0 cm³/mol. The smallest absolute Gasteiger partial charge is 0.353 e. The first kappa shape index (κ1) is 8.74. The number of nitrogens with zero attached hydrogens (tertiary/aromatic N) is 1. The first-order valence-corrected chi connectivity index (χ1v) is 4.28. The Balaban J connectivity index is 2.10. The Morgan fingerprint density at radius 3 is 2.71 bits per heavy atom. The number of hydrogen-bond donors (Lipinski definition) is 1. The van der Waals surface area contributed by atoms with Crippen molar-refractivity contribution in [3.05, 3.63) is 35.9 Å². The lowest BCUT2D eigenvalue weighted by Crippen LogP contribution is -2.10. The molecule has 72 valence electrons. The maximum atomic E-state index is 10.6. The predicted octanol–water partition coefficient (Wildman–Crippen LogP) is 1.59. The molecule has 0 fully saturated rings. The number of oxime groups is 1. The van der Waals surface area contributed by atoms with E-state index in [1.165, 1.54) is 0 Å². The van der Waals surface area contributed by atoms with E-state index in [2.05, 4.69) is 5.16 Å². The molecule has 1 heterocycles. The van der Waals surface area contributed by atoms with Crippen molar-refractivity contribution in [2.45, 2.75) is 12.5 Å². The number of rotatable bonds is 2. The summed E-state index contributed by atoms with van der Waals surface area (Å²) in [6.07, 6.45) is 0.0848. The molecule has 0 radical (unpaired) electrons. The van der Waals surface area contributed by atoms with E-state index in [-0.39, 0.29) is 11.8 Å². The highest BCUT2D eigenvalue weighted by atomic mass is 16.6. The summed E-state index contributed by atoms with van der Waals surface area (Å²) in [5.74, 6) is -1.01. The maximum absolute atomic E-state index is 10.6. The SMILES string of the molecule is O=C(O)C1=NO[C@@H](c2ccccc2)C1. The van der Waals surface area contributed by atoms with E-state index < -0.39 is 5.97 Å². The first-order chi connectivity index (χ1) is 6.77. The molecule has 0 unspecified atom stereocenters. The topological polar surface area (TPSA) is 58.9 Å². The van der Waals surface area contributed by atoms with Crippen molar-refractivity contribution < 1.29 is 14.7 Å². The molecule has 0 spiro atoms. The molecule has 0 saturated carbocycles. The van der Waals surface area contributed by atoms with Crippen LogP contribution >= 0.6 is 0 Å². The first-order valence-electron chi connectivity index (χ1n) is 4.28. The van der Waals surface area contributed by atoms with Crippen LogP contribution in [-0.4, -0.2) is 16.8 Å². The van der Waals surface area contributed by atoms with Crippen LogP contribution in [0.15, 0.2) is 35.5 Å². The lowest BCUT2D eigenvalue weighted by molar-refractivity contribution is -0.129. The van der Waals surface area contributed by atoms with Gasteiger partial charge in [0.25, 0.3) is 0 Å². The molecular weight excluding hydrogens is 182 g/mol. The Labute approximate surface area is 80.8 Å². The second-order valence-corrected chi connectivity index (χ2v) is 3.05. The number of carboxylic acid groups (broad SMARTS) is 1. The van der Waals surface area contributed by atoms with Crippen LogP contribution in [0.4, 0.5) is 0 Å². The van der Waals surface area contributed by atoms with Gasteiger partial charge in [0.05, 0.1) is 0 Å². The molecule has 0 amide bonds. The molecule has 0 aromatic heterocycles. The van der Waals surface area contributed by atoms with Gasteiger partial charge in [0.15, 0.2) is 11.8 Å². The van der Waals surface area contributed by atoms with Gasteiger partial charge < -0.3 is 9.94 Å². The van der Waals surface area contributed by atoms with E-state index in [0.29, 0.717) is 6.42 Å². The van der Waals surface area contributed by atoms with Gasteiger partial charge in [-0.05, 0) is 5.56 Å². The van der Waals surface area contributed by atoms with Gasteiger partial charge in [-0.25, -0.2) is 4.79 Å². The zero-order valence-electron chi connectivity index (χ0n) is 7.38. The summed E-state index contributed by atoms with van der Waals surface area (Å²) < 4.78 is 0. The van der Waals surface area contributed by atoms with Gasteiger partial charge in [-0.3, -0.25) is 0 Å². The molecule has 1 atom stereocenters. The van der Waals surface area contributed by atoms with Gasteiger partial charge in [-0.1, -0.05) is 35.5 Å². The van der Waals surface area contributed by atoms with Crippen molar-refractivity contribution in [2.75, 3.05) is 0 Å². The summed E-state index contributed by atoms with van der Waals surface area (Å²) in [6.45, 7) is 0. The third kappa shape index (κ3) is 1.59. The van der Waals surface area contributed by atoms with Gasteiger partial charge in [0.1, 0.15) is 0 Å². The van der Waals surface area contributed by atoms with E-state index in [1.807, 2.05) is 30.3 Å². The second kappa shape index (κ2) is 3.49. The fourth-order valence-corrected chi connectivity index (χ4v) is 1.35. The summed E-state index contributed by atoms with van der Waals surface area (Å²) in [6, 6.07) is 9.46. The lowest BCUT2D eigenvalue weighted by Gasteiger charge is -2.06. The number of aliphatic carboxylic acids is 1. The largest absolute Gasteiger partial charge is 0.477 e. The molecule has 1 aliphatic heterocycles. The maximum Gasteiger partial charge on any atom is 0.353 e. The van der Waals surface area contributed by atoms with E-state index in [1.54, 1.807) is 0 Å². The number of carboxylic acids is 1. The average Bonchev–Trinajstić information content (AvgIpc) is 2.68. The Morgan fingerprint density at radius 1 is 1.43 bits per heavy atom. The van der Waals surface area contributed by atoms with Gasteiger partial charge in [0, 0.05) is 6.42 Å². The molecule has 1 N–H and O–H groups in total. The van der Waals surface area contributed by atoms with Crippen molar-refractivity contribution in [1.82, 2.24) is 0 Å². The lowest BCUT2D eigenvalue weighted by atomic mass is 10.1. The summed E-state index contributed by atoms with van der Waals surface area (Å²) in [4.78, 5) is 15.6. The molecule has 2 rings (SSSR count). The van der Waals surface area contributed by atoms with Crippen molar-refractivity contribution in [3.8, 4) is 0 Å². The fraction of sp³-hybridized carbons (Fsp3) is 0.200. The van der Waals surface area contributed by atoms with Crippen molar-refractivity contribution in [1.29, 1.82) is 0 Å². The zero-order valence-corrected chi connectivity index (χ0v) is 7.38. The molecule has 14 heavy (non-hydrogen) atoms. The standard InChI is InChI=1S/C10H9NO3/c12-10(13)8-6-9(14-11-8)7-4-2-1-3-5-7/h1-5,9H,6H2,(H,12,13)/t9-/m1/s1. The van der Waals surface area contributed by atoms with Crippen LogP contribution in [0.25, 0.3) is 0 Å². The molecule has 4 heteroatoms. The zero-order chi connectivity index (χ0) is 9.97. The fourth-order valence-electron chi connectivity index (χ4n) is 1.35. The highest BCUT2D eigenvalue weighted by Crippen LogP contribution is 2.26. The Hall–Kier alpha value is -1.84. The Kier molecular flexibility index (Phi) is 2.18. The van der Waals surface area contributed by atoms with Crippen molar-refractivity contribution in [2.24, 2.45) is 5.16 Å². The quantitative estimate of drug-likeness (QED) is 0.772. The van der Waals surface area contributed by atoms with E-state index in [4.69, 9.17) is 9.94 Å². The van der Waals surface area contributed by atoms with E-state index >= 15 is 0 Å². The minimum atomic E-state index is -1.01. The third-order valence-corrected chi connectivity index (χ3v) is 2.09. The number of carbonyl (C=O) groups is 1. The van der Waals surface area contributed by atoms with Crippen molar-refractivity contribution >= 4 is 11.7 Å². The molecule has 0 aliphatic carbocycles. The normalized spacial score (nSPS) is 20.0. The highest BCUT2D eigenvalue weighted by Gasteiger charge is 2.26. The second-order valence-electron chi connectivity index (χ2n) is 3.05. The highest BCUT2D eigenvalue weighted by molar-refractivity contribution is 6.35. The molecule has 4 nitrogen and oxygen atoms in total. The molecule has 1 aromatic rings. The minimum Gasteiger partial charge on any atom is -0.477 e. The van der Waals surface area contributed by atoms with E-state index in [9.17, 15) is 4.79 Å². The monoisotopic (exact) mass is 191 g/mol. The van der Waals surface area contributed by atoms with Crippen LogP contribution in [0.1, 0.15) is 18.1 Å². The molecule has 1 aromatic carbocycles. The summed E-state index contributed by atoms with van der Waals surface area (Å²) >= 11 is 0. The van der Waals surface area contributed by atoms with Gasteiger partial charge in [-0.2, -0.15) is 0 Å². The number of benzene rings is 1. The van der Waals surface area contributed by atoms with Crippen LogP contribution in [0.3, 0.4) is 0 Å². The summed E-state index contributed by atoms with van der Waals surface area (Å²) in [5, 5.41) is 12.2. The summed E-state index contributed by atoms with van der Waals surface area (Å²) in [5.41, 5.74) is 1.03. The van der Waals surface area contributed by atoms with Crippen LogP contribution in [0, 0.1) is 0 Å². The van der Waals surface area contributed by atoms with E-state index in [0.717, 1.165) is 5.56 Å². The van der Waals surface area contributed by atoms with Crippen LogP contribution in [0.5, 0.6) is 0 Å². The minimum absolute atomic E-state index is 0.0823. The summed E-state index contributed by atoms with van der Waals surface area (Å²) in [7, 11) is 0. The molecule has 1 aliphatic rings. The van der Waals surface area contributed by atoms with Gasteiger partial charge in [-0.15, -0.1) is 0 Å². The Morgan fingerprint density at radius 2 is 2.14 bits per heavy atom. The van der Waals surface area contributed by atoms with Gasteiger partial charge in [0.2, 0.25) is 0 Å². The number of hydrogen-bond acceptors (Lipinski definition) is 3. The van der Waals surface area contributed by atoms with Gasteiger partial charge >= 0.3 is 5.97 Å². The third-order valence-electron chi connectivity index (χ3n) is 2.09. The van der Waals surface area contributed by atoms with Crippen LogP contribution < -0.4 is 0 Å².